The predicted molar refractivity (Wildman–Crippen MR) is 99.4 cm³/mol. The van der Waals surface area contributed by atoms with Crippen LogP contribution in [0.2, 0.25) is 0 Å². The van der Waals surface area contributed by atoms with Gasteiger partial charge in [-0.15, -0.1) is 0 Å². The molecule has 8 heteroatoms. The lowest BCUT2D eigenvalue weighted by molar-refractivity contribution is -0.157. The summed E-state index contributed by atoms with van der Waals surface area (Å²) < 4.78 is 15.6. The van der Waals surface area contributed by atoms with Gasteiger partial charge in [-0.25, -0.2) is 0 Å². The van der Waals surface area contributed by atoms with Crippen LogP contribution in [0.5, 0.6) is 5.75 Å². The largest absolute Gasteiger partial charge is 0.497 e. The molecule has 1 saturated heterocycles. The van der Waals surface area contributed by atoms with Crippen LogP contribution >= 0.6 is 0 Å². The number of ether oxygens (including phenoxy) is 2. The summed E-state index contributed by atoms with van der Waals surface area (Å²) in [7, 11) is 1.55. The van der Waals surface area contributed by atoms with Gasteiger partial charge in [0.1, 0.15) is 11.5 Å². The van der Waals surface area contributed by atoms with Crippen LogP contribution < -0.4 is 10.1 Å². The quantitative estimate of drug-likeness (QED) is 0.733. The van der Waals surface area contributed by atoms with Gasteiger partial charge >= 0.3 is 5.97 Å². The van der Waals surface area contributed by atoms with E-state index in [4.69, 9.17) is 13.9 Å². The van der Waals surface area contributed by atoms with E-state index in [2.05, 4.69) is 5.32 Å². The Balaban J connectivity index is 1.50. The van der Waals surface area contributed by atoms with E-state index in [1.165, 1.54) is 13.2 Å². The van der Waals surface area contributed by atoms with Crippen molar-refractivity contribution in [2.45, 2.75) is 26.0 Å². The van der Waals surface area contributed by atoms with Gasteiger partial charge in [0.2, 0.25) is 5.91 Å². The Morgan fingerprint density at radius 1 is 1.29 bits per heavy atom. The maximum atomic E-state index is 12.4. The van der Waals surface area contributed by atoms with Crippen molar-refractivity contribution in [1.82, 2.24) is 4.90 Å². The first kappa shape index (κ1) is 19.5. The highest BCUT2D eigenvalue weighted by atomic mass is 16.5. The number of hydrogen-bond acceptors (Lipinski definition) is 6. The van der Waals surface area contributed by atoms with Gasteiger partial charge in [-0.05, 0) is 43.3 Å². The number of furan rings is 1. The second kappa shape index (κ2) is 8.60. The van der Waals surface area contributed by atoms with Crippen LogP contribution in [0.1, 0.15) is 19.1 Å². The number of amides is 2. The van der Waals surface area contributed by atoms with Crippen molar-refractivity contribution in [3.05, 3.63) is 48.4 Å². The first-order chi connectivity index (χ1) is 13.5. The minimum atomic E-state index is -0.983. The molecule has 0 spiro atoms. The van der Waals surface area contributed by atoms with Crippen molar-refractivity contribution in [2.75, 3.05) is 19.0 Å². The molecule has 2 heterocycles. The van der Waals surface area contributed by atoms with Crippen LogP contribution in [0.15, 0.2) is 47.1 Å². The summed E-state index contributed by atoms with van der Waals surface area (Å²) in [6, 6.07) is 10.3. The molecule has 1 aliphatic rings. The zero-order valence-corrected chi connectivity index (χ0v) is 15.7. The number of carbonyl (C=O) groups excluding carboxylic acids is 3. The van der Waals surface area contributed by atoms with Crippen LogP contribution in [0.25, 0.3) is 0 Å². The molecule has 0 unspecified atom stereocenters. The van der Waals surface area contributed by atoms with E-state index in [9.17, 15) is 14.4 Å². The summed E-state index contributed by atoms with van der Waals surface area (Å²) in [6.07, 6.45) is 0.612. The molecule has 1 fully saturated rings. The van der Waals surface area contributed by atoms with Crippen molar-refractivity contribution in [3.63, 3.8) is 0 Å². The number of benzene rings is 1. The van der Waals surface area contributed by atoms with Crippen molar-refractivity contribution >= 4 is 23.5 Å². The third-order valence-corrected chi connectivity index (χ3v) is 4.49. The third-order valence-electron chi connectivity index (χ3n) is 4.49. The first-order valence-electron chi connectivity index (χ1n) is 8.92. The van der Waals surface area contributed by atoms with Gasteiger partial charge in [0.15, 0.2) is 6.10 Å². The van der Waals surface area contributed by atoms with Crippen molar-refractivity contribution < 1.29 is 28.3 Å². The zero-order chi connectivity index (χ0) is 20.1. The second-order valence-electron chi connectivity index (χ2n) is 6.55. The SMILES string of the molecule is COc1ccc(NC(=O)[C@@H](C)OC(=O)[C@@H]2CC(=O)N(Cc3ccco3)C2)cc1. The van der Waals surface area contributed by atoms with E-state index >= 15 is 0 Å². The molecule has 0 bridgehead atoms. The Hall–Kier alpha value is -3.29. The molecule has 1 aliphatic heterocycles. The fourth-order valence-corrected chi connectivity index (χ4v) is 2.92. The predicted octanol–water partition coefficient (Wildman–Crippen LogP) is 2.21. The molecule has 0 saturated carbocycles. The lowest BCUT2D eigenvalue weighted by Crippen LogP contribution is -2.33. The van der Waals surface area contributed by atoms with Crippen molar-refractivity contribution in [3.8, 4) is 5.75 Å². The molecular weight excluding hydrogens is 364 g/mol. The molecule has 1 aromatic heterocycles. The van der Waals surface area contributed by atoms with Crippen LogP contribution in [0, 0.1) is 5.92 Å². The standard InChI is InChI=1S/C20H22N2O6/c1-13(19(24)21-15-5-7-16(26-2)8-6-15)28-20(25)14-10-18(23)22(11-14)12-17-4-3-9-27-17/h3-9,13-14H,10-12H2,1-2H3,(H,21,24)/t13-,14-/m1/s1. The molecule has 2 atom stereocenters. The number of anilines is 1. The number of hydrogen-bond donors (Lipinski definition) is 1. The highest BCUT2D eigenvalue weighted by Gasteiger charge is 2.36. The Labute approximate surface area is 162 Å². The van der Waals surface area contributed by atoms with Crippen LogP contribution in [-0.4, -0.2) is 42.4 Å². The lowest BCUT2D eigenvalue weighted by Gasteiger charge is -2.17. The summed E-state index contributed by atoms with van der Waals surface area (Å²) in [5, 5.41) is 2.67. The summed E-state index contributed by atoms with van der Waals surface area (Å²) >= 11 is 0. The smallest absolute Gasteiger partial charge is 0.312 e. The van der Waals surface area contributed by atoms with E-state index < -0.39 is 23.9 Å². The molecule has 28 heavy (non-hydrogen) atoms. The second-order valence-corrected chi connectivity index (χ2v) is 6.55. The molecule has 0 radical (unpaired) electrons. The van der Waals surface area contributed by atoms with Gasteiger partial charge in [-0.2, -0.15) is 0 Å². The van der Waals surface area contributed by atoms with Gasteiger partial charge in [-0.3, -0.25) is 14.4 Å². The zero-order valence-electron chi connectivity index (χ0n) is 15.7. The van der Waals surface area contributed by atoms with Gasteiger partial charge in [0, 0.05) is 18.7 Å². The number of esters is 1. The van der Waals surface area contributed by atoms with Crippen molar-refractivity contribution in [2.24, 2.45) is 5.92 Å². The lowest BCUT2D eigenvalue weighted by atomic mass is 10.1. The molecule has 2 amide bonds. The van der Waals surface area contributed by atoms with E-state index in [0.717, 1.165) is 0 Å². The highest BCUT2D eigenvalue weighted by molar-refractivity contribution is 5.95. The summed E-state index contributed by atoms with van der Waals surface area (Å²) in [5.41, 5.74) is 0.564. The normalized spacial score (nSPS) is 17.3. The summed E-state index contributed by atoms with van der Waals surface area (Å²) in [5.74, 6) is -0.438. The Kier molecular flexibility index (Phi) is 5.98. The van der Waals surface area contributed by atoms with Crippen LogP contribution in [0.4, 0.5) is 5.69 Å². The molecular formula is C20H22N2O6. The summed E-state index contributed by atoms with van der Waals surface area (Å²) in [4.78, 5) is 38.3. The average molecular weight is 386 g/mol. The number of rotatable bonds is 7. The molecule has 1 N–H and O–H groups in total. The molecule has 1 aromatic carbocycles. The van der Waals surface area contributed by atoms with Gasteiger partial charge in [0.05, 0.1) is 25.8 Å². The Bertz CT molecular complexity index is 831. The maximum Gasteiger partial charge on any atom is 0.312 e. The van der Waals surface area contributed by atoms with Gasteiger partial charge in [-0.1, -0.05) is 0 Å². The number of likely N-dealkylation sites (tertiary alicyclic amines) is 1. The fourth-order valence-electron chi connectivity index (χ4n) is 2.92. The van der Waals surface area contributed by atoms with E-state index in [-0.39, 0.29) is 18.9 Å². The van der Waals surface area contributed by atoms with Gasteiger partial charge in [0.25, 0.3) is 5.91 Å². The molecule has 2 aromatic rings. The molecule has 0 aliphatic carbocycles. The molecule has 3 rings (SSSR count). The topological polar surface area (TPSA) is 98.1 Å². The number of nitrogens with one attached hydrogen (secondary N) is 1. The minimum Gasteiger partial charge on any atom is -0.497 e. The van der Waals surface area contributed by atoms with E-state index in [0.29, 0.717) is 23.7 Å². The first-order valence-corrected chi connectivity index (χ1v) is 8.92. The minimum absolute atomic E-state index is 0.0619. The van der Waals surface area contributed by atoms with E-state index in [1.54, 1.807) is 48.4 Å². The number of nitrogens with zero attached hydrogens (tertiary/aromatic N) is 1. The molecule has 148 valence electrons. The third kappa shape index (κ3) is 4.70. The summed E-state index contributed by atoms with van der Waals surface area (Å²) in [6.45, 7) is 2.04. The monoisotopic (exact) mass is 386 g/mol. The van der Waals surface area contributed by atoms with E-state index in [1.807, 2.05) is 0 Å². The molecule has 8 nitrogen and oxygen atoms in total. The fraction of sp³-hybridized carbons (Fsp3) is 0.350. The number of methoxy groups -OCH3 is 1. The average Bonchev–Trinajstić information content (AvgIpc) is 3.32. The highest BCUT2D eigenvalue weighted by Crippen LogP contribution is 2.22. The Morgan fingerprint density at radius 3 is 2.68 bits per heavy atom. The van der Waals surface area contributed by atoms with Crippen LogP contribution in [-0.2, 0) is 25.7 Å². The van der Waals surface area contributed by atoms with Crippen LogP contribution in [0.3, 0.4) is 0 Å². The maximum absolute atomic E-state index is 12.4. The number of carbonyl (C=O) groups is 3. The van der Waals surface area contributed by atoms with Crippen molar-refractivity contribution in [1.29, 1.82) is 0 Å². The van der Waals surface area contributed by atoms with Gasteiger partial charge < -0.3 is 24.1 Å². The Morgan fingerprint density at radius 2 is 2.04 bits per heavy atom.